The number of benzene rings is 2. The Hall–Kier alpha value is -2.80. The lowest BCUT2D eigenvalue weighted by molar-refractivity contribution is 0.220. The molecule has 0 spiro atoms. The van der Waals surface area contributed by atoms with Crippen molar-refractivity contribution in [2.75, 3.05) is 18.2 Å². The predicted octanol–water partition coefficient (Wildman–Crippen LogP) is 4.16. The highest BCUT2D eigenvalue weighted by atomic mass is 32.2. The van der Waals surface area contributed by atoms with Crippen LogP contribution < -0.4 is 14.8 Å². The van der Waals surface area contributed by atoms with E-state index in [-0.39, 0.29) is 0 Å². The Labute approximate surface area is 156 Å². The number of ether oxygens (including phenoxy) is 2. The maximum Gasteiger partial charge on any atom is 0.247 e. The third-order valence-corrected chi connectivity index (χ3v) is 4.75. The molecule has 7 heteroatoms. The molecule has 0 bridgehead atoms. The summed E-state index contributed by atoms with van der Waals surface area (Å²) in [6.07, 6.45) is -0.454. The first-order valence-electron chi connectivity index (χ1n) is 8.33. The summed E-state index contributed by atoms with van der Waals surface area (Å²) in [5.74, 6) is 2.08. The van der Waals surface area contributed by atoms with Crippen LogP contribution in [0.2, 0.25) is 0 Å². The summed E-state index contributed by atoms with van der Waals surface area (Å²) in [6.45, 7) is 2.05. The van der Waals surface area contributed by atoms with Crippen molar-refractivity contribution in [3.63, 3.8) is 0 Å². The molecule has 2 heterocycles. The number of fused-ring (bicyclic) bond motifs is 3. The van der Waals surface area contributed by atoms with Crippen LogP contribution in [0.25, 0.3) is 11.3 Å². The molecule has 0 saturated carbocycles. The standard InChI is InChI=1S/C19H18N4O2S/c1-3-26-19-21-18-16(22-23-19)12-8-4-6-10-14(12)20-17(25-18)13-9-5-7-11-15(13)24-2/h4-11,17,20H,3H2,1-2H3. The summed E-state index contributed by atoms with van der Waals surface area (Å²) < 4.78 is 11.7. The van der Waals surface area contributed by atoms with Gasteiger partial charge in [0.1, 0.15) is 5.75 Å². The summed E-state index contributed by atoms with van der Waals surface area (Å²) in [5, 5.41) is 12.6. The highest BCUT2D eigenvalue weighted by molar-refractivity contribution is 7.99. The number of aromatic nitrogens is 3. The molecule has 1 aliphatic rings. The Morgan fingerprint density at radius 1 is 1.12 bits per heavy atom. The Bertz CT molecular complexity index is 935. The summed E-state index contributed by atoms with van der Waals surface area (Å²) in [6, 6.07) is 15.7. The van der Waals surface area contributed by atoms with Crippen LogP contribution in [-0.2, 0) is 0 Å². The van der Waals surface area contributed by atoms with Crippen LogP contribution >= 0.6 is 11.8 Å². The first-order valence-corrected chi connectivity index (χ1v) is 9.31. The molecule has 2 aromatic carbocycles. The van der Waals surface area contributed by atoms with E-state index in [1.165, 1.54) is 11.8 Å². The summed E-state index contributed by atoms with van der Waals surface area (Å²) in [7, 11) is 1.65. The first kappa shape index (κ1) is 16.7. The van der Waals surface area contributed by atoms with Crippen molar-refractivity contribution in [1.82, 2.24) is 15.2 Å². The van der Waals surface area contributed by atoms with E-state index < -0.39 is 6.23 Å². The molecule has 0 fully saturated rings. The predicted molar refractivity (Wildman–Crippen MR) is 102 cm³/mol. The summed E-state index contributed by atoms with van der Waals surface area (Å²) in [4.78, 5) is 4.58. The third-order valence-electron chi connectivity index (χ3n) is 4.03. The summed E-state index contributed by atoms with van der Waals surface area (Å²) >= 11 is 1.53. The molecule has 6 nitrogen and oxygen atoms in total. The summed E-state index contributed by atoms with van der Waals surface area (Å²) in [5.41, 5.74) is 3.34. The van der Waals surface area contributed by atoms with Crippen LogP contribution in [0.3, 0.4) is 0 Å². The number of hydrogen-bond acceptors (Lipinski definition) is 7. The van der Waals surface area contributed by atoms with E-state index >= 15 is 0 Å². The van der Waals surface area contributed by atoms with Crippen LogP contribution in [0, 0.1) is 0 Å². The van der Waals surface area contributed by atoms with Gasteiger partial charge in [0.05, 0.1) is 12.7 Å². The number of para-hydroxylation sites is 2. The molecule has 132 valence electrons. The molecule has 1 unspecified atom stereocenters. The van der Waals surface area contributed by atoms with E-state index in [1.807, 2.05) is 48.5 Å². The highest BCUT2D eigenvalue weighted by Crippen LogP contribution is 2.40. The maximum atomic E-state index is 6.24. The molecule has 3 aromatic rings. The number of rotatable bonds is 4. The number of thioether (sulfide) groups is 1. The van der Waals surface area contributed by atoms with Gasteiger partial charge in [0.2, 0.25) is 17.3 Å². The zero-order chi connectivity index (χ0) is 17.9. The van der Waals surface area contributed by atoms with Crippen molar-refractivity contribution in [2.24, 2.45) is 0 Å². The van der Waals surface area contributed by atoms with Crippen LogP contribution in [-0.4, -0.2) is 28.0 Å². The maximum absolute atomic E-state index is 6.24. The van der Waals surface area contributed by atoms with Gasteiger partial charge in [-0.1, -0.05) is 49.0 Å². The van der Waals surface area contributed by atoms with Gasteiger partial charge in [-0.3, -0.25) is 0 Å². The van der Waals surface area contributed by atoms with Crippen LogP contribution in [0.4, 0.5) is 5.69 Å². The lowest BCUT2D eigenvalue weighted by Gasteiger charge is -2.21. The van der Waals surface area contributed by atoms with Gasteiger partial charge in [0.15, 0.2) is 5.69 Å². The average Bonchev–Trinajstić information content (AvgIpc) is 2.84. The molecule has 1 aromatic heterocycles. The molecular weight excluding hydrogens is 348 g/mol. The van der Waals surface area contributed by atoms with Gasteiger partial charge in [-0.15, -0.1) is 10.2 Å². The Morgan fingerprint density at radius 3 is 2.77 bits per heavy atom. The lowest BCUT2D eigenvalue weighted by atomic mass is 10.1. The van der Waals surface area contributed by atoms with Crippen molar-refractivity contribution in [1.29, 1.82) is 0 Å². The van der Waals surface area contributed by atoms with Gasteiger partial charge < -0.3 is 14.8 Å². The minimum absolute atomic E-state index is 0.454. The largest absolute Gasteiger partial charge is 0.496 e. The van der Waals surface area contributed by atoms with Gasteiger partial charge in [-0.05, 0) is 24.0 Å². The van der Waals surface area contributed by atoms with E-state index in [9.17, 15) is 0 Å². The number of anilines is 1. The minimum Gasteiger partial charge on any atom is -0.496 e. The first-order chi connectivity index (χ1) is 12.8. The highest BCUT2D eigenvalue weighted by Gasteiger charge is 2.27. The van der Waals surface area contributed by atoms with Crippen LogP contribution in [0.15, 0.2) is 53.7 Å². The van der Waals surface area contributed by atoms with Gasteiger partial charge in [-0.2, -0.15) is 4.98 Å². The van der Waals surface area contributed by atoms with E-state index in [0.717, 1.165) is 28.3 Å². The molecule has 0 amide bonds. The lowest BCUT2D eigenvalue weighted by Crippen LogP contribution is -2.18. The van der Waals surface area contributed by atoms with E-state index in [4.69, 9.17) is 9.47 Å². The molecule has 4 rings (SSSR count). The normalized spacial score (nSPS) is 15.1. The fraction of sp³-hybridized carbons (Fsp3) is 0.211. The van der Waals surface area contributed by atoms with Crippen molar-refractivity contribution in [3.05, 3.63) is 54.1 Å². The zero-order valence-corrected chi connectivity index (χ0v) is 15.3. The molecule has 1 N–H and O–H groups in total. The van der Waals surface area contributed by atoms with Crippen LogP contribution in [0.5, 0.6) is 11.6 Å². The zero-order valence-electron chi connectivity index (χ0n) is 14.5. The van der Waals surface area contributed by atoms with Gasteiger partial charge >= 0.3 is 0 Å². The Morgan fingerprint density at radius 2 is 1.92 bits per heavy atom. The van der Waals surface area contributed by atoms with E-state index in [2.05, 4.69) is 27.4 Å². The van der Waals surface area contributed by atoms with Crippen LogP contribution in [0.1, 0.15) is 18.7 Å². The fourth-order valence-corrected chi connectivity index (χ4v) is 3.37. The molecule has 0 aliphatic carbocycles. The second-order valence-electron chi connectivity index (χ2n) is 5.61. The molecule has 1 atom stereocenters. The minimum atomic E-state index is -0.454. The molecule has 0 saturated heterocycles. The van der Waals surface area contributed by atoms with Crippen molar-refractivity contribution in [2.45, 2.75) is 18.3 Å². The Kier molecular flexibility index (Phi) is 4.62. The second-order valence-corrected chi connectivity index (χ2v) is 6.84. The fourth-order valence-electron chi connectivity index (χ4n) is 2.86. The van der Waals surface area contributed by atoms with E-state index in [1.54, 1.807) is 7.11 Å². The van der Waals surface area contributed by atoms with Gasteiger partial charge in [0.25, 0.3) is 0 Å². The molecule has 26 heavy (non-hydrogen) atoms. The van der Waals surface area contributed by atoms with E-state index in [0.29, 0.717) is 16.7 Å². The quantitative estimate of drug-likeness (QED) is 0.695. The van der Waals surface area contributed by atoms with Crippen molar-refractivity contribution < 1.29 is 9.47 Å². The van der Waals surface area contributed by atoms with Crippen molar-refractivity contribution >= 4 is 17.4 Å². The molecule has 1 aliphatic heterocycles. The SMILES string of the molecule is CCSc1nnc2c(n1)OC(c1ccccc1OC)Nc1ccccc1-2. The monoisotopic (exact) mass is 366 g/mol. The Balaban J connectivity index is 1.85. The molecular formula is C19H18N4O2S. The van der Waals surface area contributed by atoms with Gasteiger partial charge in [0, 0.05) is 11.3 Å². The average molecular weight is 366 g/mol. The smallest absolute Gasteiger partial charge is 0.247 e. The number of nitrogens with zero attached hydrogens (tertiary/aromatic N) is 3. The number of hydrogen-bond donors (Lipinski definition) is 1. The third kappa shape index (κ3) is 3.06. The molecule has 0 radical (unpaired) electrons. The van der Waals surface area contributed by atoms with Crippen molar-refractivity contribution in [3.8, 4) is 22.9 Å². The second kappa shape index (κ2) is 7.21. The number of methoxy groups -OCH3 is 1. The number of nitrogens with one attached hydrogen (secondary N) is 1. The van der Waals surface area contributed by atoms with Gasteiger partial charge in [-0.25, -0.2) is 0 Å². The topological polar surface area (TPSA) is 69.2 Å².